The lowest BCUT2D eigenvalue weighted by molar-refractivity contribution is 0.211. The van der Waals surface area contributed by atoms with Gasteiger partial charge < -0.3 is 21.1 Å². The van der Waals surface area contributed by atoms with Gasteiger partial charge >= 0.3 is 0 Å². The van der Waals surface area contributed by atoms with Crippen molar-refractivity contribution in [1.29, 1.82) is 0 Å². The van der Waals surface area contributed by atoms with Crippen LogP contribution >= 0.6 is 24.0 Å². The molecule has 0 unspecified atom stereocenters. The largest absolute Gasteiger partial charge is 0.383 e. The van der Waals surface area contributed by atoms with Crippen LogP contribution in [0, 0.1) is 6.92 Å². The molecule has 2 rings (SSSR count). The molecule has 130 valence electrons. The summed E-state index contributed by atoms with van der Waals surface area (Å²) in [6, 6.07) is 16.2. The summed E-state index contributed by atoms with van der Waals surface area (Å²) in [7, 11) is 1.69. The zero-order valence-corrected chi connectivity index (χ0v) is 16.4. The minimum absolute atomic E-state index is 0. The third-order valence-corrected chi connectivity index (χ3v) is 3.35. The van der Waals surface area contributed by atoms with Crippen LogP contribution in [0.4, 0.5) is 11.4 Å². The van der Waals surface area contributed by atoms with Gasteiger partial charge in [0.2, 0.25) is 0 Å². The average Bonchev–Trinajstić information content (AvgIpc) is 2.56. The number of aliphatic imine (C=N–C) groups is 1. The van der Waals surface area contributed by atoms with Crippen LogP contribution in [-0.2, 0) is 11.3 Å². The Hall–Kier alpha value is -1.80. The molecule has 0 aliphatic carbocycles. The SMILES string of the molecule is COCCNc1ccc(CN=C(N)Nc2ccc(C)cc2)cc1.I. The molecule has 0 amide bonds. The number of rotatable bonds is 7. The van der Waals surface area contributed by atoms with Gasteiger partial charge in [0.25, 0.3) is 0 Å². The highest BCUT2D eigenvalue weighted by Crippen LogP contribution is 2.11. The fourth-order valence-corrected chi connectivity index (χ4v) is 2.03. The van der Waals surface area contributed by atoms with Crippen molar-refractivity contribution >= 4 is 41.3 Å². The van der Waals surface area contributed by atoms with E-state index >= 15 is 0 Å². The molecule has 0 heterocycles. The van der Waals surface area contributed by atoms with Crippen LogP contribution in [0.5, 0.6) is 0 Å². The van der Waals surface area contributed by atoms with E-state index in [2.05, 4.69) is 22.5 Å². The average molecular weight is 440 g/mol. The first kappa shape index (κ1) is 20.2. The van der Waals surface area contributed by atoms with Crippen molar-refractivity contribution in [2.45, 2.75) is 13.5 Å². The molecule has 6 heteroatoms. The predicted octanol–water partition coefficient (Wildman–Crippen LogP) is 3.60. The van der Waals surface area contributed by atoms with Crippen LogP contribution in [0.2, 0.25) is 0 Å². The number of halogens is 1. The van der Waals surface area contributed by atoms with Gasteiger partial charge in [-0.2, -0.15) is 0 Å². The Morgan fingerprint density at radius 2 is 1.67 bits per heavy atom. The summed E-state index contributed by atoms with van der Waals surface area (Å²) in [4.78, 5) is 4.36. The zero-order valence-electron chi connectivity index (χ0n) is 14.1. The number of nitrogens with one attached hydrogen (secondary N) is 2. The summed E-state index contributed by atoms with van der Waals surface area (Å²) in [5, 5.41) is 6.36. The number of nitrogens with zero attached hydrogens (tertiary/aromatic N) is 1. The van der Waals surface area contributed by atoms with Crippen LogP contribution in [0.3, 0.4) is 0 Å². The highest BCUT2D eigenvalue weighted by Gasteiger charge is 1.97. The first-order valence-electron chi connectivity index (χ1n) is 7.63. The number of benzene rings is 2. The Morgan fingerprint density at radius 1 is 1.04 bits per heavy atom. The second-order valence-corrected chi connectivity index (χ2v) is 5.31. The molecule has 0 spiro atoms. The highest BCUT2D eigenvalue weighted by atomic mass is 127. The molecule has 5 nitrogen and oxygen atoms in total. The van der Waals surface area contributed by atoms with Crippen molar-refractivity contribution in [3.8, 4) is 0 Å². The molecule has 0 aliphatic heterocycles. The van der Waals surface area contributed by atoms with Gasteiger partial charge in [-0.05, 0) is 36.8 Å². The van der Waals surface area contributed by atoms with Gasteiger partial charge in [0.15, 0.2) is 5.96 Å². The topological polar surface area (TPSA) is 71.7 Å². The number of hydrogen-bond donors (Lipinski definition) is 3. The van der Waals surface area contributed by atoms with Crippen LogP contribution in [0.15, 0.2) is 53.5 Å². The van der Waals surface area contributed by atoms with E-state index in [0.717, 1.165) is 23.5 Å². The van der Waals surface area contributed by atoms with E-state index in [0.29, 0.717) is 19.1 Å². The van der Waals surface area contributed by atoms with E-state index in [1.54, 1.807) is 7.11 Å². The smallest absolute Gasteiger partial charge is 0.193 e. The predicted molar refractivity (Wildman–Crippen MR) is 112 cm³/mol. The molecule has 0 radical (unpaired) electrons. The summed E-state index contributed by atoms with van der Waals surface area (Å²) in [5.74, 6) is 0.413. The molecule has 4 N–H and O–H groups in total. The molecule has 0 fully saturated rings. The molecule has 0 saturated heterocycles. The lowest BCUT2D eigenvalue weighted by Crippen LogP contribution is -2.22. The van der Waals surface area contributed by atoms with Crippen molar-refractivity contribution in [3.63, 3.8) is 0 Å². The lowest BCUT2D eigenvalue weighted by Gasteiger charge is -2.07. The second-order valence-electron chi connectivity index (χ2n) is 5.31. The fraction of sp³-hybridized carbons (Fsp3) is 0.278. The van der Waals surface area contributed by atoms with Gasteiger partial charge in [-0.3, -0.25) is 0 Å². The van der Waals surface area contributed by atoms with E-state index in [-0.39, 0.29) is 24.0 Å². The lowest BCUT2D eigenvalue weighted by atomic mass is 10.2. The van der Waals surface area contributed by atoms with Gasteiger partial charge in [-0.1, -0.05) is 29.8 Å². The first-order chi connectivity index (χ1) is 11.2. The van der Waals surface area contributed by atoms with Crippen LogP contribution < -0.4 is 16.4 Å². The summed E-state index contributed by atoms with van der Waals surface area (Å²) in [5.41, 5.74) is 10.2. The molecule has 0 atom stereocenters. The second kappa shape index (κ2) is 10.9. The van der Waals surface area contributed by atoms with Gasteiger partial charge in [-0.15, -0.1) is 24.0 Å². The van der Waals surface area contributed by atoms with Crippen LogP contribution in [-0.4, -0.2) is 26.2 Å². The molecule has 0 saturated carbocycles. The standard InChI is InChI=1S/C18H24N4O.HI/c1-14-3-7-17(8-4-14)22-18(19)21-13-15-5-9-16(10-6-15)20-11-12-23-2;/h3-10,20H,11-13H2,1-2H3,(H3,19,21,22);1H. The molecule has 0 aromatic heterocycles. The van der Waals surface area contributed by atoms with Crippen LogP contribution in [0.25, 0.3) is 0 Å². The summed E-state index contributed by atoms with van der Waals surface area (Å²) >= 11 is 0. The van der Waals surface area contributed by atoms with E-state index in [1.807, 2.05) is 48.5 Å². The molecule has 0 bridgehead atoms. The molecule has 2 aromatic rings. The maximum absolute atomic E-state index is 5.92. The quantitative estimate of drug-likeness (QED) is 0.266. The van der Waals surface area contributed by atoms with Crippen molar-refractivity contribution in [2.24, 2.45) is 10.7 Å². The normalized spacial score (nSPS) is 10.8. The Labute approximate surface area is 160 Å². The van der Waals surface area contributed by atoms with E-state index in [9.17, 15) is 0 Å². The maximum Gasteiger partial charge on any atom is 0.193 e. The maximum atomic E-state index is 5.92. The van der Waals surface area contributed by atoms with Crippen molar-refractivity contribution < 1.29 is 4.74 Å². The van der Waals surface area contributed by atoms with Crippen molar-refractivity contribution in [3.05, 3.63) is 59.7 Å². The molecule has 24 heavy (non-hydrogen) atoms. The Bertz CT molecular complexity index is 626. The van der Waals surface area contributed by atoms with Gasteiger partial charge in [0, 0.05) is 25.0 Å². The number of ether oxygens (including phenoxy) is 1. The van der Waals surface area contributed by atoms with Gasteiger partial charge in [0.05, 0.1) is 13.2 Å². The van der Waals surface area contributed by atoms with Crippen molar-refractivity contribution in [2.75, 3.05) is 30.9 Å². The minimum atomic E-state index is 0. The summed E-state index contributed by atoms with van der Waals surface area (Å²) in [6.45, 7) is 4.08. The monoisotopic (exact) mass is 440 g/mol. The number of methoxy groups -OCH3 is 1. The minimum Gasteiger partial charge on any atom is -0.383 e. The Balaban J connectivity index is 0.00000288. The van der Waals surface area contributed by atoms with Crippen LogP contribution in [0.1, 0.15) is 11.1 Å². The number of anilines is 2. The fourth-order valence-electron chi connectivity index (χ4n) is 2.03. The van der Waals surface area contributed by atoms with Gasteiger partial charge in [-0.25, -0.2) is 4.99 Å². The third-order valence-electron chi connectivity index (χ3n) is 3.35. The zero-order chi connectivity index (χ0) is 16.5. The third kappa shape index (κ3) is 7.18. The van der Waals surface area contributed by atoms with E-state index in [1.165, 1.54) is 5.56 Å². The van der Waals surface area contributed by atoms with Gasteiger partial charge in [0.1, 0.15) is 0 Å². The highest BCUT2D eigenvalue weighted by molar-refractivity contribution is 14.0. The first-order valence-corrected chi connectivity index (χ1v) is 7.63. The molecular formula is C18H25IN4O. The number of guanidine groups is 1. The number of nitrogens with two attached hydrogens (primary N) is 1. The molecule has 2 aromatic carbocycles. The summed E-state index contributed by atoms with van der Waals surface area (Å²) < 4.78 is 5.01. The van der Waals surface area contributed by atoms with E-state index in [4.69, 9.17) is 10.5 Å². The molecule has 0 aliphatic rings. The summed E-state index contributed by atoms with van der Waals surface area (Å²) in [6.07, 6.45) is 0. The van der Waals surface area contributed by atoms with E-state index < -0.39 is 0 Å². The number of hydrogen-bond acceptors (Lipinski definition) is 3. The molecular weight excluding hydrogens is 415 g/mol. The van der Waals surface area contributed by atoms with Crippen molar-refractivity contribution in [1.82, 2.24) is 0 Å². The number of aryl methyl sites for hydroxylation is 1. The Kier molecular flexibility index (Phi) is 9.18. The Morgan fingerprint density at radius 3 is 2.29 bits per heavy atom.